The van der Waals surface area contributed by atoms with Crippen molar-refractivity contribution in [2.24, 2.45) is 62.6 Å². The molecule has 0 aliphatic heterocycles. The minimum atomic E-state index is -0.00174. The quantitative estimate of drug-likeness (QED) is 0.252. The van der Waals surface area contributed by atoms with Crippen molar-refractivity contribution in [1.82, 2.24) is 0 Å². The number of esters is 1. The molecule has 0 radical (unpaired) electrons. The molecule has 0 amide bonds. The van der Waals surface area contributed by atoms with Crippen LogP contribution in [0.15, 0.2) is 35.5 Å². The maximum absolute atomic E-state index is 12.4. The van der Waals surface area contributed by atoms with Gasteiger partial charge in [0, 0.05) is 0 Å². The molecule has 0 spiro atoms. The number of hydrogen-bond donors (Lipinski definition) is 0. The van der Waals surface area contributed by atoms with Gasteiger partial charge in [-0.1, -0.05) is 65.8 Å². The first kappa shape index (κ1) is 29.7. The summed E-state index contributed by atoms with van der Waals surface area (Å²) in [7, 11) is 0. The number of fused-ring (bicyclic) bond motifs is 7. The van der Waals surface area contributed by atoms with E-state index in [2.05, 4.69) is 67.2 Å². The van der Waals surface area contributed by atoms with Crippen molar-refractivity contribution < 1.29 is 9.53 Å². The molecule has 0 aromatic carbocycles. The molecular weight excluding hydrogens is 500 g/mol. The smallest absolute Gasteiger partial charge is 0.309 e. The Morgan fingerprint density at radius 1 is 0.902 bits per heavy atom. The van der Waals surface area contributed by atoms with Crippen LogP contribution >= 0.6 is 0 Å². The lowest BCUT2D eigenvalue weighted by atomic mass is 9.32. The van der Waals surface area contributed by atoms with Gasteiger partial charge in [-0.2, -0.15) is 0 Å². The molecule has 4 fully saturated rings. The van der Waals surface area contributed by atoms with E-state index in [1.165, 1.54) is 68.9 Å². The topological polar surface area (TPSA) is 26.3 Å². The number of rotatable bonds is 4. The molecule has 228 valence electrons. The maximum atomic E-state index is 12.4. The van der Waals surface area contributed by atoms with Gasteiger partial charge >= 0.3 is 5.97 Å². The largest absolute Gasteiger partial charge is 0.466 e. The van der Waals surface area contributed by atoms with Gasteiger partial charge in [0.05, 0.1) is 12.5 Å². The molecule has 0 aromatic heterocycles. The Labute approximate surface area is 252 Å². The highest BCUT2D eigenvalue weighted by Crippen LogP contribution is 2.77. The third-order valence-corrected chi connectivity index (χ3v) is 15.4. The third-order valence-electron chi connectivity index (χ3n) is 15.4. The second kappa shape index (κ2) is 9.85. The molecule has 0 N–H and O–H groups in total. The summed E-state index contributed by atoms with van der Waals surface area (Å²) < 4.78 is 5.35. The van der Waals surface area contributed by atoms with Gasteiger partial charge in [-0.25, -0.2) is 0 Å². The van der Waals surface area contributed by atoms with Crippen molar-refractivity contribution in [2.45, 2.75) is 132 Å². The minimum Gasteiger partial charge on any atom is -0.466 e. The van der Waals surface area contributed by atoms with E-state index in [9.17, 15) is 4.79 Å². The number of hydrogen-bond acceptors (Lipinski definition) is 2. The normalized spacial score (nSPS) is 48.5. The van der Waals surface area contributed by atoms with Crippen molar-refractivity contribution >= 4 is 5.97 Å². The van der Waals surface area contributed by atoms with Crippen LogP contribution in [0.5, 0.6) is 0 Å². The zero-order chi connectivity index (χ0) is 29.6. The molecular formula is C39H60O2. The highest BCUT2D eigenvalue weighted by atomic mass is 16.5. The lowest BCUT2D eigenvalue weighted by molar-refractivity contribution is -0.225. The summed E-state index contributed by atoms with van der Waals surface area (Å²) in [6, 6.07) is 0. The van der Waals surface area contributed by atoms with Crippen LogP contribution in [-0.4, -0.2) is 12.6 Å². The Bertz CT molecular complexity index is 1160. The first-order valence-corrected chi connectivity index (χ1v) is 17.4. The van der Waals surface area contributed by atoms with E-state index in [0.29, 0.717) is 28.3 Å². The summed E-state index contributed by atoms with van der Waals surface area (Å²) in [5.74, 6) is 4.00. The molecule has 0 aromatic rings. The molecule has 1 unspecified atom stereocenters. The van der Waals surface area contributed by atoms with E-state index in [1.807, 2.05) is 6.92 Å². The van der Waals surface area contributed by atoms with E-state index in [1.54, 1.807) is 5.57 Å². The fraction of sp³-hybridized carbons (Fsp3) is 0.821. The first-order valence-electron chi connectivity index (χ1n) is 17.4. The summed E-state index contributed by atoms with van der Waals surface area (Å²) in [5.41, 5.74) is 6.52. The van der Waals surface area contributed by atoms with E-state index in [-0.39, 0.29) is 17.3 Å². The van der Waals surface area contributed by atoms with Crippen molar-refractivity contribution in [3.8, 4) is 0 Å². The van der Waals surface area contributed by atoms with Crippen LogP contribution < -0.4 is 0 Å². The Hall–Kier alpha value is -1.31. The summed E-state index contributed by atoms with van der Waals surface area (Å²) in [4.78, 5) is 12.4. The lowest BCUT2D eigenvalue weighted by Gasteiger charge is -2.72. The van der Waals surface area contributed by atoms with Gasteiger partial charge in [0.1, 0.15) is 0 Å². The maximum Gasteiger partial charge on any atom is 0.309 e. The molecule has 6 rings (SSSR count). The average Bonchev–Trinajstić information content (AvgIpc) is 3.27. The first-order chi connectivity index (χ1) is 19.2. The standard InChI is InChI=1S/C39H60O2/c1-10-41-34(40)27-13-11-26(12-14-27)29-18-21-37(7)31(35(29,4)5)19-22-39(9)32(37)16-15-30-33-28(25(2)3)17-20-36(33,6)23-24-38(30,39)8/h11,18,27-28,30-33H,2,10,12-17,19-24H2,1,3-9H3/t27?,28-,30+,31-,32+,33+,36+,37-,38+,39+/m0/s1. The van der Waals surface area contributed by atoms with E-state index in [4.69, 9.17) is 4.74 Å². The molecule has 2 nitrogen and oxygen atoms in total. The molecule has 0 saturated heterocycles. The third kappa shape index (κ3) is 4.10. The molecule has 2 heteroatoms. The number of ether oxygens (including phenoxy) is 1. The second-order valence-corrected chi connectivity index (χ2v) is 17.3. The van der Waals surface area contributed by atoms with Crippen LogP contribution in [0.2, 0.25) is 0 Å². The van der Waals surface area contributed by atoms with Crippen LogP contribution in [0, 0.1) is 62.6 Å². The summed E-state index contributed by atoms with van der Waals surface area (Å²) in [6.45, 7) is 25.3. The number of allylic oxidation sites excluding steroid dienone is 5. The van der Waals surface area contributed by atoms with Crippen LogP contribution in [-0.2, 0) is 9.53 Å². The van der Waals surface area contributed by atoms with Crippen LogP contribution in [0.1, 0.15) is 132 Å². The van der Waals surface area contributed by atoms with Crippen LogP contribution in [0.25, 0.3) is 0 Å². The van der Waals surface area contributed by atoms with Crippen molar-refractivity contribution in [2.75, 3.05) is 6.61 Å². The summed E-state index contributed by atoms with van der Waals surface area (Å²) >= 11 is 0. The molecule has 0 bridgehead atoms. The highest BCUT2D eigenvalue weighted by Gasteiger charge is 2.69. The van der Waals surface area contributed by atoms with Gasteiger partial charge in [-0.05, 0) is 159 Å². The molecule has 10 atom stereocenters. The Morgan fingerprint density at radius 3 is 2.32 bits per heavy atom. The minimum absolute atomic E-state index is 0.00174. The predicted molar refractivity (Wildman–Crippen MR) is 170 cm³/mol. The van der Waals surface area contributed by atoms with Gasteiger partial charge < -0.3 is 4.74 Å². The van der Waals surface area contributed by atoms with Gasteiger partial charge in [-0.3, -0.25) is 4.79 Å². The van der Waals surface area contributed by atoms with Crippen molar-refractivity contribution in [1.29, 1.82) is 0 Å². The van der Waals surface area contributed by atoms with Crippen molar-refractivity contribution in [3.63, 3.8) is 0 Å². The summed E-state index contributed by atoms with van der Waals surface area (Å²) in [6.07, 6.45) is 20.4. The molecule has 6 aliphatic rings. The van der Waals surface area contributed by atoms with E-state index in [0.717, 1.165) is 48.9 Å². The lowest BCUT2D eigenvalue weighted by Crippen LogP contribution is -2.65. The van der Waals surface area contributed by atoms with Crippen molar-refractivity contribution in [3.05, 3.63) is 35.5 Å². The summed E-state index contributed by atoms with van der Waals surface area (Å²) in [5, 5.41) is 0. The zero-order valence-electron chi connectivity index (χ0n) is 27.8. The molecule has 6 aliphatic carbocycles. The Morgan fingerprint density at radius 2 is 1.66 bits per heavy atom. The predicted octanol–water partition coefficient (Wildman–Crippen LogP) is 10.5. The number of carbonyl (C=O) groups excluding carboxylic acids is 1. The highest BCUT2D eigenvalue weighted by molar-refractivity contribution is 5.73. The van der Waals surface area contributed by atoms with Gasteiger partial charge in [-0.15, -0.1) is 0 Å². The van der Waals surface area contributed by atoms with Crippen LogP contribution in [0.3, 0.4) is 0 Å². The molecule has 4 saturated carbocycles. The molecule has 41 heavy (non-hydrogen) atoms. The van der Waals surface area contributed by atoms with Crippen LogP contribution in [0.4, 0.5) is 0 Å². The SMILES string of the molecule is C=C(C)[C@@H]1CC[C@]2(C)CC[C@]3(C)[C@H](CC[C@@H]4[C@@]5(C)CC=C(C6=CCC(C(=O)OCC)CC6)C(C)(C)[C@@H]5CC[C@]43C)[C@@H]12. The zero-order valence-corrected chi connectivity index (χ0v) is 27.8. The fourth-order valence-electron chi connectivity index (χ4n) is 13.2. The van der Waals surface area contributed by atoms with E-state index >= 15 is 0 Å². The van der Waals surface area contributed by atoms with E-state index < -0.39 is 0 Å². The van der Waals surface area contributed by atoms with Gasteiger partial charge in [0.15, 0.2) is 0 Å². The Balaban J connectivity index is 1.29. The average molecular weight is 561 g/mol. The van der Waals surface area contributed by atoms with Gasteiger partial charge in [0.2, 0.25) is 0 Å². The Kier molecular flexibility index (Phi) is 7.15. The second-order valence-electron chi connectivity index (χ2n) is 17.3. The molecule has 0 heterocycles. The van der Waals surface area contributed by atoms with Gasteiger partial charge in [0.25, 0.3) is 0 Å². The fourth-order valence-corrected chi connectivity index (χ4v) is 13.2. The monoisotopic (exact) mass is 560 g/mol. The number of carbonyl (C=O) groups is 1.